The topological polar surface area (TPSA) is 72.4 Å². The third-order valence-corrected chi connectivity index (χ3v) is 5.57. The number of hydrogen-bond acceptors (Lipinski definition) is 5. The SMILES string of the molecule is O=S(=O)(c1ccc(F)c(F)c1)N1CCCC(Oc2cccnn2)C1. The maximum atomic E-state index is 13.3. The van der Waals surface area contributed by atoms with Gasteiger partial charge in [-0.05, 0) is 37.1 Å². The Morgan fingerprint density at radius 1 is 1.21 bits per heavy atom. The molecule has 1 unspecified atom stereocenters. The molecule has 0 spiro atoms. The molecule has 1 aliphatic heterocycles. The molecule has 1 atom stereocenters. The largest absolute Gasteiger partial charge is 0.472 e. The fourth-order valence-corrected chi connectivity index (χ4v) is 4.05. The van der Waals surface area contributed by atoms with Gasteiger partial charge in [0.2, 0.25) is 15.9 Å². The second kappa shape index (κ2) is 6.78. The smallest absolute Gasteiger partial charge is 0.243 e. The summed E-state index contributed by atoms with van der Waals surface area (Å²) in [5, 5.41) is 7.51. The molecular formula is C15H15F2N3O3S. The fraction of sp³-hybridized carbons (Fsp3) is 0.333. The van der Waals surface area contributed by atoms with Gasteiger partial charge in [-0.15, -0.1) is 5.10 Å². The van der Waals surface area contributed by atoms with E-state index in [1.807, 2.05) is 0 Å². The monoisotopic (exact) mass is 355 g/mol. The van der Waals surface area contributed by atoms with E-state index in [1.54, 1.807) is 12.1 Å². The first-order valence-corrected chi connectivity index (χ1v) is 8.80. The van der Waals surface area contributed by atoms with Gasteiger partial charge < -0.3 is 4.74 Å². The highest BCUT2D eigenvalue weighted by atomic mass is 32.2. The zero-order valence-electron chi connectivity index (χ0n) is 12.6. The number of sulfonamides is 1. The molecule has 6 nitrogen and oxygen atoms in total. The second-order valence-electron chi connectivity index (χ2n) is 5.38. The minimum absolute atomic E-state index is 0.109. The van der Waals surface area contributed by atoms with Gasteiger partial charge in [0.1, 0.15) is 6.10 Å². The van der Waals surface area contributed by atoms with Crippen molar-refractivity contribution < 1.29 is 21.9 Å². The molecule has 24 heavy (non-hydrogen) atoms. The summed E-state index contributed by atoms with van der Waals surface area (Å²) in [4.78, 5) is -0.276. The molecule has 2 heterocycles. The Kier molecular flexibility index (Phi) is 4.72. The molecule has 3 rings (SSSR count). The molecule has 0 bridgehead atoms. The van der Waals surface area contributed by atoms with Crippen LogP contribution in [-0.2, 0) is 10.0 Å². The molecule has 128 valence electrons. The van der Waals surface area contributed by atoms with Crippen LogP contribution in [0.4, 0.5) is 8.78 Å². The van der Waals surface area contributed by atoms with Crippen molar-refractivity contribution in [2.24, 2.45) is 0 Å². The molecular weight excluding hydrogens is 340 g/mol. The van der Waals surface area contributed by atoms with Gasteiger partial charge in [-0.25, -0.2) is 17.2 Å². The van der Waals surface area contributed by atoms with E-state index in [2.05, 4.69) is 10.2 Å². The number of piperidine rings is 1. The van der Waals surface area contributed by atoms with Crippen LogP contribution in [0.1, 0.15) is 12.8 Å². The van der Waals surface area contributed by atoms with Gasteiger partial charge in [0.05, 0.1) is 11.4 Å². The second-order valence-corrected chi connectivity index (χ2v) is 7.32. The molecule has 0 N–H and O–H groups in total. The first-order chi connectivity index (χ1) is 11.5. The summed E-state index contributed by atoms with van der Waals surface area (Å²) in [5.74, 6) is -1.97. The van der Waals surface area contributed by atoms with Crippen LogP contribution in [0.2, 0.25) is 0 Å². The number of hydrogen-bond donors (Lipinski definition) is 0. The Morgan fingerprint density at radius 2 is 2.04 bits per heavy atom. The van der Waals surface area contributed by atoms with Crippen molar-refractivity contribution in [2.45, 2.75) is 23.8 Å². The molecule has 9 heteroatoms. The lowest BCUT2D eigenvalue weighted by molar-refractivity contribution is 0.123. The van der Waals surface area contributed by atoms with Crippen LogP contribution >= 0.6 is 0 Å². The first kappa shape index (κ1) is 16.7. The summed E-state index contributed by atoms with van der Waals surface area (Å²) < 4.78 is 58.4. The van der Waals surface area contributed by atoms with Crippen LogP contribution < -0.4 is 4.74 Å². The molecule has 1 aliphatic rings. The predicted octanol–water partition coefficient (Wildman–Crippen LogP) is 1.99. The fourth-order valence-electron chi connectivity index (χ4n) is 2.53. The van der Waals surface area contributed by atoms with Crippen LogP contribution in [0.15, 0.2) is 41.4 Å². The maximum absolute atomic E-state index is 13.3. The van der Waals surface area contributed by atoms with Crippen molar-refractivity contribution in [2.75, 3.05) is 13.1 Å². The lowest BCUT2D eigenvalue weighted by Crippen LogP contribution is -2.44. The molecule has 0 radical (unpaired) electrons. The van der Waals surface area contributed by atoms with Crippen molar-refractivity contribution in [1.82, 2.24) is 14.5 Å². The van der Waals surface area contributed by atoms with Crippen LogP contribution in [0.5, 0.6) is 5.88 Å². The van der Waals surface area contributed by atoms with Crippen LogP contribution in [0.3, 0.4) is 0 Å². The summed E-state index contributed by atoms with van der Waals surface area (Å²) in [6, 6.07) is 5.86. The number of halogens is 2. The number of nitrogens with zero attached hydrogens (tertiary/aromatic N) is 3. The van der Waals surface area contributed by atoms with Gasteiger partial charge in [0.15, 0.2) is 11.6 Å². The predicted molar refractivity (Wildman–Crippen MR) is 80.8 cm³/mol. The van der Waals surface area contributed by atoms with Gasteiger partial charge in [-0.1, -0.05) is 0 Å². The van der Waals surface area contributed by atoms with E-state index in [1.165, 1.54) is 10.5 Å². The van der Waals surface area contributed by atoms with E-state index in [-0.39, 0.29) is 17.5 Å². The zero-order valence-corrected chi connectivity index (χ0v) is 13.4. The Hall–Kier alpha value is -2.13. The van der Waals surface area contributed by atoms with Crippen LogP contribution in [0, 0.1) is 11.6 Å². The summed E-state index contributed by atoms with van der Waals surface area (Å²) >= 11 is 0. The summed E-state index contributed by atoms with van der Waals surface area (Å²) in [6.07, 6.45) is 2.39. The minimum Gasteiger partial charge on any atom is -0.472 e. The first-order valence-electron chi connectivity index (χ1n) is 7.36. The molecule has 0 amide bonds. The summed E-state index contributed by atoms with van der Waals surface area (Å²) in [7, 11) is -3.92. The average Bonchev–Trinajstić information content (AvgIpc) is 2.58. The van der Waals surface area contributed by atoms with E-state index in [0.29, 0.717) is 31.3 Å². The van der Waals surface area contributed by atoms with E-state index in [9.17, 15) is 17.2 Å². The summed E-state index contributed by atoms with van der Waals surface area (Å²) in [5.41, 5.74) is 0. The van der Waals surface area contributed by atoms with E-state index in [4.69, 9.17) is 4.74 Å². The highest BCUT2D eigenvalue weighted by Gasteiger charge is 2.31. The van der Waals surface area contributed by atoms with Crippen molar-refractivity contribution in [1.29, 1.82) is 0 Å². The third kappa shape index (κ3) is 3.51. The minimum atomic E-state index is -3.92. The van der Waals surface area contributed by atoms with Gasteiger partial charge in [0.25, 0.3) is 0 Å². The number of rotatable bonds is 4. The molecule has 2 aromatic rings. The van der Waals surface area contributed by atoms with Gasteiger partial charge in [0, 0.05) is 18.8 Å². The molecule has 1 aromatic carbocycles. The number of benzene rings is 1. The van der Waals surface area contributed by atoms with Gasteiger partial charge in [-0.3, -0.25) is 0 Å². The van der Waals surface area contributed by atoms with Crippen molar-refractivity contribution >= 4 is 10.0 Å². The average molecular weight is 355 g/mol. The zero-order chi connectivity index (χ0) is 17.2. The van der Waals surface area contributed by atoms with E-state index in [0.717, 1.165) is 12.1 Å². The van der Waals surface area contributed by atoms with Crippen LogP contribution in [-0.4, -0.2) is 42.1 Å². The Bertz CT molecular complexity index is 818. The van der Waals surface area contributed by atoms with E-state index < -0.39 is 21.7 Å². The standard InChI is InChI=1S/C15H15F2N3O3S/c16-13-6-5-12(9-14(13)17)24(21,22)20-8-2-3-11(10-20)23-15-4-1-7-18-19-15/h1,4-7,9,11H,2-3,8,10H2. The molecule has 0 saturated carbocycles. The van der Waals surface area contributed by atoms with Crippen molar-refractivity contribution in [3.63, 3.8) is 0 Å². The van der Waals surface area contributed by atoms with Gasteiger partial charge >= 0.3 is 0 Å². The Morgan fingerprint density at radius 3 is 2.75 bits per heavy atom. The van der Waals surface area contributed by atoms with E-state index >= 15 is 0 Å². The molecule has 1 saturated heterocycles. The van der Waals surface area contributed by atoms with Crippen molar-refractivity contribution in [3.8, 4) is 5.88 Å². The lowest BCUT2D eigenvalue weighted by atomic mass is 10.1. The molecule has 1 aromatic heterocycles. The highest BCUT2D eigenvalue weighted by Crippen LogP contribution is 2.24. The highest BCUT2D eigenvalue weighted by molar-refractivity contribution is 7.89. The number of aromatic nitrogens is 2. The quantitative estimate of drug-likeness (QED) is 0.839. The Labute approximate surface area is 138 Å². The lowest BCUT2D eigenvalue weighted by Gasteiger charge is -2.31. The van der Waals surface area contributed by atoms with Crippen molar-refractivity contribution in [3.05, 3.63) is 48.2 Å². The molecule has 1 fully saturated rings. The number of ether oxygens (including phenoxy) is 1. The normalized spacial score (nSPS) is 19.2. The van der Waals surface area contributed by atoms with Gasteiger partial charge in [-0.2, -0.15) is 9.40 Å². The maximum Gasteiger partial charge on any atom is 0.243 e. The third-order valence-electron chi connectivity index (χ3n) is 3.70. The van der Waals surface area contributed by atoms with Crippen LogP contribution in [0.25, 0.3) is 0 Å². The molecule has 0 aliphatic carbocycles. The Balaban J connectivity index is 1.77. The summed E-state index contributed by atoms with van der Waals surface area (Å²) in [6.45, 7) is 0.402.